The first-order valence-electron chi connectivity index (χ1n) is 9.34. The summed E-state index contributed by atoms with van der Waals surface area (Å²) in [6, 6.07) is 5.86. The minimum Gasteiger partial charge on any atom is -0.326 e. The van der Waals surface area contributed by atoms with Crippen molar-refractivity contribution in [3.63, 3.8) is 0 Å². The quantitative estimate of drug-likeness (QED) is 0.877. The molecular weight excluding hydrogens is 300 g/mol. The Balaban J connectivity index is 1.47. The SMILES string of the molecule is CC(=O)N1CCc2cc(NC(=O)CCCC3CCCCC3)ccc21. The van der Waals surface area contributed by atoms with Crippen LogP contribution in [0.4, 0.5) is 11.4 Å². The van der Waals surface area contributed by atoms with Crippen LogP contribution in [0.1, 0.15) is 63.9 Å². The number of carbonyl (C=O) groups excluding carboxylic acids is 2. The fraction of sp³-hybridized carbons (Fsp3) is 0.600. The number of hydrogen-bond acceptors (Lipinski definition) is 2. The minimum atomic E-state index is 0.0771. The average Bonchev–Trinajstić information content (AvgIpc) is 2.99. The smallest absolute Gasteiger partial charge is 0.224 e. The molecule has 0 saturated heterocycles. The molecule has 1 N–H and O–H groups in total. The molecule has 0 atom stereocenters. The van der Waals surface area contributed by atoms with Crippen LogP contribution in [0.25, 0.3) is 0 Å². The summed E-state index contributed by atoms with van der Waals surface area (Å²) in [7, 11) is 0. The van der Waals surface area contributed by atoms with Crippen molar-refractivity contribution < 1.29 is 9.59 Å². The average molecular weight is 328 g/mol. The van der Waals surface area contributed by atoms with E-state index in [0.717, 1.165) is 42.2 Å². The summed E-state index contributed by atoms with van der Waals surface area (Å²) in [5, 5.41) is 3.01. The predicted molar refractivity (Wildman–Crippen MR) is 97.2 cm³/mol. The molecule has 0 bridgehead atoms. The maximum Gasteiger partial charge on any atom is 0.224 e. The van der Waals surface area contributed by atoms with Crippen LogP contribution >= 0.6 is 0 Å². The maximum atomic E-state index is 12.2. The zero-order valence-electron chi connectivity index (χ0n) is 14.6. The van der Waals surface area contributed by atoms with Gasteiger partial charge in [-0.05, 0) is 48.9 Å². The first kappa shape index (κ1) is 17.0. The number of hydrogen-bond donors (Lipinski definition) is 1. The highest BCUT2D eigenvalue weighted by Crippen LogP contribution is 2.31. The zero-order valence-corrected chi connectivity index (χ0v) is 14.6. The van der Waals surface area contributed by atoms with Crippen LogP contribution in [0.3, 0.4) is 0 Å². The fourth-order valence-electron chi connectivity index (χ4n) is 4.06. The molecule has 1 aliphatic heterocycles. The molecule has 1 aliphatic carbocycles. The lowest BCUT2D eigenvalue weighted by Gasteiger charge is -2.21. The number of nitrogens with one attached hydrogen (secondary N) is 1. The van der Waals surface area contributed by atoms with Crippen molar-refractivity contribution in [2.75, 3.05) is 16.8 Å². The van der Waals surface area contributed by atoms with Crippen molar-refractivity contribution in [1.29, 1.82) is 0 Å². The molecule has 130 valence electrons. The van der Waals surface area contributed by atoms with Crippen LogP contribution in [0.2, 0.25) is 0 Å². The van der Waals surface area contributed by atoms with Gasteiger partial charge in [0.2, 0.25) is 11.8 Å². The molecule has 0 spiro atoms. The number of amides is 2. The molecule has 0 aromatic heterocycles. The second kappa shape index (κ2) is 7.82. The lowest BCUT2D eigenvalue weighted by atomic mass is 9.86. The van der Waals surface area contributed by atoms with E-state index in [9.17, 15) is 9.59 Å². The van der Waals surface area contributed by atoms with E-state index >= 15 is 0 Å². The number of carbonyl (C=O) groups is 2. The molecule has 1 fully saturated rings. The molecule has 0 unspecified atom stereocenters. The van der Waals surface area contributed by atoms with Crippen LogP contribution in [0.15, 0.2) is 18.2 Å². The van der Waals surface area contributed by atoms with Crippen molar-refractivity contribution in [3.05, 3.63) is 23.8 Å². The third-order valence-electron chi connectivity index (χ3n) is 5.38. The number of anilines is 2. The molecule has 0 radical (unpaired) electrons. The van der Waals surface area contributed by atoms with E-state index in [-0.39, 0.29) is 11.8 Å². The summed E-state index contributed by atoms with van der Waals surface area (Å²) < 4.78 is 0. The Morgan fingerprint density at radius 3 is 2.75 bits per heavy atom. The van der Waals surface area contributed by atoms with Crippen molar-refractivity contribution in [1.82, 2.24) is 0 Å². The Morgan fingerprint density at radius 1 is 1.21 bits per heavy atom. The van der Waals surface area contributed by atoms with Gasteiger partial charge in [0.25, 0.3) is 0 Å². The molecule has 3 rings (SSSR count). The largest absolute Gasteiger partial charge is 0.326 e. The summed E-state index contributed by atoms with van der Waals surface area (Å²) in [6.07, 6.45) is 10.4. The molecule has 1 saturated carbocycles. The number of benzene rings is 1. The molecular formula is C20H28N2O2. The molecule has 2 amide bonds. The van der Waals surface area contributed by atoms with E-state index in [1.54, 1.807) is 11.8 Å². The first-order valence-corrected chi connectivity index (χ1v) is 9.34. The van der Waals surface area contributed by atoms with Crippen LogP contribution in [0, 0.1) is 5.92 Å². The van der Waals surface area contributed by atoms with E-state index in [1.807, 2.05) is 18.2 Å². The molecule has 24 heavy (non-hydrogen) atoms. The van der Waals surface area contributed by atoms with Crippen molar-refractivity contribution in [2.24, 2.45) is 5.92 Å². The van der Waals surface area contributed by atoms with Crippen molar-refractivity contribution in [2.45, 2.75) is 64.7 Å². The highest BCUT2D eigenvalue weighted by molar-refractivity contribution is 5.95. The number of nitrogens with zero attached hydrogens (tertiary/aromatic N) is 1. The van der Waals surface area contributed by atoms with Gasteiger partial charge in [-0.15, -0.1) is 0 Å². The molecule has 1 aromatic rings. The van der Waals surface area contributed by atoms with Crippen LogP contribution in [-0.4, -0.2) is 18.4 Å². The standard InChI is InChI=1S/C20H28N2O2/c1-15(23)22-13-12-17-14-18(10-11-19(17)22)21-20(24)9-5-8-16-6-3-2-4-7-16/h10-11,14,16H,2-9,12-13H2,1H3,(H,21,24). The van der Waals surface area contributed by atoms with E-state index in [2.05, 4.69) is 5.32 Å². The maximum absolute atomic E-state index is 12.2. The van der Waals surface area contributed by atoms with Gasteiger partial charge in [-0.1, -0.05) is 32.1 Å². The van der Waals surface area contributed by atoms with Gasteiger partial charge >= 0.3 is 0 Å². The molecule has 4 heteroatoms. The van der Waals surface area contributed by atoms with E-state index in [4.69, 9.17) is 0 Å². The van der Waals surface area contributed by atoms with Gasteiger partial charge < -0.3 is 10.2 Å². The zero-order chi connectivity index (χ0) is 16.9. The van der Waals surface area contributed by atoms with E-state index in [0.29, 0.717) is 6.42 Å². The van der Waals surface area contributed by atoms with Gasteiger partial charge in [-0.25, -0.2) is 0 Å². The fourth-order valence-corrected chi connectivity index (χ4v) is 4.06. The van der Waals surface area contributed by atoms with Crippen molar-refractivity contribution in [3.8, 4) is 0 Å². The molecule has 1 heterocycles. The summed E-state index contributed by atoms with van der Waals surface area (Å²) in [4.78, 5) is 25.5. The Labute approximate surface area is 144 Å². The van der Waals surface area contributed by atoms with Crippen LogP contribution in [0.5, 0.6) is 0 Å². The third kappa shape index (κ3) is 4.16. The van der Waals surface area contributed by atoms with Gasteiger partial charge in [0.05, 0.1) is 0 Å². The van der Waals surface area contributed by atoms with E-state index < -0.39 is 0 Å². The van der Waals surface area contributed by atoms with Gasteiger partial charge in [0, 0.05) is 31.3 Å². The summed E-state index contributed by atoms with van der Waals surface area (Å²) >= 11 is 0. The Hall–Kier alpha value is -1.84. The van der Waals surface area contributed by atoms with E-state index in [1.165, 1.54) is 38.5 Å². The van der Waals surface area contributed by atoms with Crippen molar-refractivity contribution >= 4 is 23.2 Å². The Bertz CT molecular complexity index is 606. The minimum absolute atomic E-state index is 0.0771. The third-order valence-corrected chi connectivity index (χ3v) is 5.38. The monoisotopic (exact) mass is 328 g/mol. The topological polar surface area (TPSA) is 49.4 Å². The van der Waals surface area contributed by atoms with Crippen LogP contribution < -0.4 is 10.2 Å². The first-order chi connectivity index (χ1) is 11.6. The summed E-state index contributed by atoms with van der Waals surface area (Å²) in [5.74, 6) is 1.02. The lowest BCUT2D eigenvalue weighted by molar-refractivity contribution is -0.117. The highest BCUT2D eigenvalue weighted by atomic mass is 16.2. The Kier molecular flexibility index (Phi) is 5.54. The summed E-state index contributed by atoms with van der Waals surface area (Å²) in [5.41, 5.74) is 2.98. The van der Waals surface area contributed by atoms with Gasteiger partial charge in [0.1, 0.15) is 0 Å². The second-order valence-electron chi connectivity index (χ2n) is 7.21. The normalized spacial score (nSPS) is 17.6. The predicted octanol–water partition coefficient (Wildman–Crippen LogP) is 4.28. The molecule has 1 aromatic carbocycles. The highest BCUT2D eigenvalue weighted by Gasteiger charge is 2.22. The second-order valence-corrected chi connectivity index (χ2v) is 7.21. The molecule has 2 aliphatic rings. The van der Waals surface area contributed by atoms with Gasteiger partial charge in [0.15, 0.2) is 0 Å². The Morgan fingerprint density at radius 2 is 2.00 bits per heavy atom. The number of rotatable bonds is 5. The van der Waals surface area contributed by atoms with Gasteiger partial charge in [-0.2, -0.15) is 0 Å². The lowest BCUT2D eigenvalue weighted by Crippen LogP contribution is -2.25. The number of fused-ring (bicyclic) bond motifs is 1. The van der Waals surface area contributed by atoms with Gasteiger partial charge in [-0.3, -0.25) is 9.59 Å². The van der Waals surface area contributed by atoms with Crippen LogP contribution in [-0.2, 0) is 16.0 Å². The summed E-state index contributed by atoms with van der Waals surface area (Å²) in [6.45, 7) is 2.33. The molecule has 4 nitrogen and oxygen atoms in total.